The third-order valence-electron chi connectivity index (χ3n) is 10.3. The van der Waals surface area contributed by atoms with Crippen LogP contribution in [0.15, 0.2) is 36.4 Å². The molecule has 0 spiro atoms. The second-order valence-electron chi connectivity index (χ2n) is 13.9. The summed E-state index contributed by atoms with van der Waals surface area (Å²) in [5, 5.41) is 39.8. The zero-order valence-corrected chi connectivity index (χ0v) is 28.4. The van der Waals surface area contributed by atoms with Crippen LogP contribution in [0.2, 0.25) is 0 Å². The van der Waals surface area contributed by atoms with Gasteiger partial charge in [-0.1, -0.05) is 24.3 Å². The molecule has 4 aliphatic heterocycles. The van der Waals surface area contributed by atoms with Crippen molar-refractivity contribution in [1.29, 1.82) is 0 Å². The van der Waals surface area contributed by atoms with E-state index in [4.69, 9.17) is 19.8 Å². The van der Waals surface area contributed by atoms with Gasteiger partial charge in [0, 0.05) is 31.5 Å². The Morgan fingerprint density at radius 1 is 0.922 bits per heavy atom. The van der Waals surface area contributed by atoms with Gasteiger partial charge >= 0.3 is 26.2 Å². The lowest BCUT2D eigenvalue weighted by Crippen LogP contribution is -2.55. The minimum absolute atomic E-state index is 0.0147. The number of carbonyl (C=O) groups is 4. The van der Waals surface area contributed by atoms with E-state index in [2.05, 4.69) is 20.9 Å². The lowest BCUT2D eigenvalue weighted by Gasteiger charge is -2.33. The first-order chi connectivity index (χ1) is 24.6. The van der Waals surface area contributed by atoms with Crippen LogP contribution in [0.4, 0.5) is 0 Å². The molecule has 4 unspecified atom stereocenters. The van der Waals surface area contributed by atoms with Gasteiger partial charge in [0.05, 0.1) is 17.4 Å². The fraction of sp³-hybridized carbons (Fsp3) is 0.529. The van der Waals surface area contributed by atoms with Crippen LogP contribution in [0.1, 0.15) is 63.9 Å². The molecule has 2 aromatic rings. The number of ether oxygens (including phenoxy) is 1. The van der Waals surface area contributed by atoms with Crippen LogP contribution >= 0.6 is 0 Å². The van der Waals surface area contributed by atoms with Gasteiger partial charge in [-0.25, -0.2) is 9.59 Å². The smallest absolute Gasteiger partial charge is 0.534 e. The van der Waals surface area contributed by atoms with Gasteiger partial charge in [0.25, 0.3) is 0 Å². The second kappa shape index (κ2) is 16.5. The summed E-state index contributed by atoms with van der Waals surface area (Å²) in [6.45, 7) is 3.80. The first-order valence-corrected chi connectivity index (χ1v) is 17.7. The normalized spacial score (nSPS) is 23.6. The number of nitrogens with zero attached hydrogens (tertiary/aromatic N) is 1. The molecule has 0 aliphatic carbocycles. The molecule has 2 amide bonds. The number of piperidine rings is 2. The summed E-state index contributed by atoms with van der Waals surface area (Å²) in [7, 11) is -2.76. The third-order valence-corrected chi connectivity index (χ3v) is 10.3. The molecular formula is C34H45B2N5O10. The number of para-hydroxylation sites is 2. The van der Waals surface area contributed by atoms with Crippen molar-refractivity contribution in [2.45, 2.75) is 62.9 Å². The number of aromatic carboxylic acids is 1. The molecule has 272 valence electrons. The molecule has 8 N–H and O–H groups in total. The molecule has 0 aromatic heterocycles. The maximum atomic E-state index is 13.2. The monoisotopic (exact) mass is 705 g/mol. The van der Waals surface area contributed by atoms with Crippen molar-refractivity contribution in [2.75, 3.05) is 39.3 Å². The van der Waals surface area contributed by atoms with Crippen molar-refractivity contribution < 1.29 is 48.4 Å². The average Bonchev–Trinajstić information content (AvgIpc) is 3.11. The van der Waals surface area contributed by atoms with E-state index in [1.807, 2.05) is 0 Å². The summed E-state index contributed by atoms with van der Waals surface area (Å²) in [6, 6.07) is 9.42. The summed E-state index contributed by atoms with van der Waals surface area (Å²) >= 11 is 0. The summed E-state index contributed by atoms with van der Waals surface area (Å²) in [5.41, 5.74) is 7.00. The van der Waals surface area contributed by atoms with Gasteiger partial charge in [0.15, 0.2) is 0 Å². The summed E-state index contributed by atoms with van der Waals surface area (Å²) in [6.07, 6.45) is 3.61. The van der Waals surface area contributed by atoms with E-state index in [9.17, 15) is 34.3 Å². The summed E-state index contributed by atoms with van der Waals surface area (Å²) in [5.74, 6) is -3.52. The van der Waals surface area contributed by atoms with Crippen molar-refractivity contribution in [3.63, 3.8) is 0 Å². The number of nitrogens with two attached hydrogens (primary N) is 1. The molecule has 2 fully saturated rings. The number of nitrogens with one attached hydrogen (secondary N) is 3. The van der Waals surface area contributed by atoms with Crippen molar-refractivity contribution >= 4 is 38.0 Å². The van der Waals surface area contributed by atoms with Crippen LogP contribution in [0.25, 0.3) is 0 Å². The molecule has 2 aromatic carbocycles. The van der Waals surface area contributed by atoms with E-state index in [-0.39, 0.29) is 65.8 Å². The van der Waals surface area contributed by atoms with Crippen LogP contribution in [-0.4, -0.2) is 115 Å². The Balaban J connectivity index is 0.983. The zero-order chi connectivity index (χ0) is 36.1. The maximum Gasteiger partial charge on any atom is 0.547 e. The largest absolute Gasteiger partial charge is 0.547 e. The standard InChI is InChI=1S/C34H45B2N5O10/c37-10-14-41-12-8-20(9-13-41)15-29(42)39-27-17-22-4-2-6-26(31(22)51-35(27)47)34(46)49-19-24-16-23(7-11-38-24)32(43)40-28-18-21-3-1-5-25(33(44)45)30(21)50-36(28)48/h1-6,20,23-24,27-28,38,47-48H,7-19,37H2,(H,39,42)(H,40,43)(H,44,45). The highest BCUT2D eigenvalue weighted by Gasteiger charge is 2.41. The molecule has 0 radical (unpaired) electrons. The molecule has 0 saturated carbocycles. The number of likely N-dealkylation sites (tertiary alicyclic amines) is 1. The predicted octanol–water partition coefficient (Wildman–Crippen LogP) is -0.450. The molecule has 4 heterocycles. The Labute approximate surface area is 296 Å². The van der Waals surface area contributed by atoms with E-state index in [0.29, 0.717) is 43.5 Å². The first-order valence-electron chi connectivity index (χ1n) is 17.7. The molecule has 2 saturated heterocycles. The number of carboxylic acids is 1. The topological polar surface area (TPSA) is 222 Å². The average molecular weight is 705 g/mol. The van der Waals surface area contributed by atoms with Crippen LogP contribution in [0, 0.1) is 11.8 Å². The Morgan fingerprint density at radius 2 is 1.55 bits per heavy atom. The van der Waals surface area contributed by atoms with Crippen LogP contribution in [0.5, 0.6) is 11.5 Å². The van der Waals surface area contributed by atoms with Gasteiger partial charge < -0.3 is 55.8 Å². The number of amides is 2. The Morgan fingerprint density at radius 3 is 2.20 bits per heavy atom. The number of carboxylic acid groups (broad SMARTS) is 1. The minimum atomic E-state index is -1.42. The summed E-state index contributed by atoms with van der Waals surface area (Å²) in [4.78, 5) is 53.2. The van der Waals surface area contributed by atoms with Gasteiger partial charge in [0.1, 0.15) is 23.7 Å². The second-order valence-corrected chi connectivity index (χ2v) is 13.9. The van der Waals surface area contributed by atoms with Crippen molar-refractivity contribution in [2.24, 2.45) is 17.6 Å². The Hall–Kier alpha value is -4.15. The number of rotatable bonds is 11. The molecule has 0 bridgehead atoms. The van der Waals surface area contributed by atoms with Gasteiger partial charge in [0.2, 0.25) is 11.8 Å². The van der Waals surface area contributed by atoms with Gasteiger partial charge in [-0.05, 0) is 87.3 Å². The van der Waals surface area contributed by atoms with Gasteiger partial charge in [-0.15, -0.1) is 0 Å². The minimum Gasteiger partial charge on any atom is -0.534 e. The summed E-state index contributed by atoms with van der Waals surface area (Å²) < 4.78 is 16.9. The quantitative estimate of drug-likeness (QED) is 0.117. The van der Waals surface area contributed by atoms with E-state index in [1.165, 1.54) is 6.07 Å². The zero-order valence-electron chi connectivity index (χ0n) is 28.4. The lowest BCUT2D eigenvalue weighted by atomic mass is 9.72. The van der Waals surface area contributed by atoms with E-state index < -0.39 is 44.0 Å². The predicted molar refractivity (Wildman–Crippen MR) is 186 cm³/mol. The maximum absolute atomic E-state index is 13.2. The van der Waals surface area contributed by atoms with Crippen LogP contribution < -0.4 is 31.0 Å². The number of hydrogen-bond donors (Lipinski definition) is 7. The number of hydrogen-bond acceptors (Lipinski definition) is 12. The molecule has 4 aliphatic rings. The van der Waals surface area contributed by atoms with Gasteiger partial charge in [-0.2, -0.15) is 0 Å². The van der Waals surface area contributed by atoms with Crippen molar-refractivity contribution in [3.8, 4) is 11.5 Å². The number of esters is 1. The molecule has 4 atom stereocenters. The van der Waals surface area contributed by atoms with Crippen molar-refractivity contribution in [3.05, 3.63) is 58.7 Å². The van der Waals surface area contributed by atoms with E-state index in [0.717, 1.165) is 32.5 Å². The first kappa shape index (κ1) is 36.6. The Bertz CT molecular complexity index is 1610. The van der Waals surface area contributed by atoms with Gasteiger partial charge in [-0.3, -0.25) is 9.59 Å². The molecule has 17 heteroatoms. The SMILES string of the molecule is NCCN1CCC(CC(=O)NC2Cc3cccc(C(=O)OCC4CC(C(=O)NC5Cc6cccc(C(=O)O)c6OB5O)CCN4)c3OB2O)CC1. The van der Waals surface area contributed by atoms with E-state index >= 15 is 0 Å². The van der Waals surface area contributed by atoms with Crippen LogP contribution in [0.3, 0.4) is 0 Å². The van der Waals surface area contributed by atoms with Crippen molar-refractivity contribution in [1.82, 2.24) is 20.9 Å². The number of carbonyl (C=O) groups excluding carboxylic acids is 3. The highest BCUT2D eigenvalue weighted by Crippen LogP contribution is 2.32. The third kappa shape index (κ3) is 8.84. The Kier molecular flexibility index (Phi) is 11.8. The highest BCUT2D eigenvalue weighted by molar-refractivity contribution is 6.47. The molecule has 15 nitrogen and oxygen atoms in total. The highest BCUT2D eigenvalue weighted by atomic mass is 16.5. The molecule has 6 rings (SSSR count). The fourth-order valence-corrected chi connectivity index (χ4v) is 7.48. The number of benzene rings is 2. The number of fused-ring (bicyclic) bond motifs is 2. The molecular weight excluding hydrogens is 660 g/mol. The molecule has 51 heavy (non-hydrogen) atoms. The lowest BCUT2D eigenvalue weighted by molar-refractivity contribution is -0.126. The van der Waals surface area contributed by atoms with E-state index in [1.54, 1.807) is 30.3 Å². The van der Waals surface area contributed by atoms with Crippen LogP contribution in [-0.2, 0) is 27.2 Å². The fourth-order valence-electron chi connectivity index (χ4n) is 7.48.